The Bertz CT molecular complexity index is 582. The maximum Gasteiger partial charge on any atom is 0.254 e. The van der Waals surface area contributed by atoms with Gasteiger partial charge in [0.1, 0.15) is 12.1 Å². The molecule has 0 spiro atoms. The van der Waals surface area contributed by atoms with Crippen molar-refractivity contribution < 1.29 is 10.2 Å². The van der Waals surface area contributed by atoms with E-state index in [2.05, 4.69) is 15.1 Å². The zero-order valence-corrected chi connectivity index (χ0v) is 10.1. The summed E-state index contributed by atoms with van der Waals surface area (Å²) in [4.78, 5) is 10.5. The average molecular weight is 249 g/mol. The minimum Gasteiger partial charge on any atom is -0.394 e. The minimum atomic E-state index is -0.747. The van der Waals surface area contributed by atoms with Crippen LogP contribution in [0.3, 0.4) is 0 Å². The van der Waals surface area contributed by atoms with E-state index in [0.717, 1.165) is 30.0 Å². The predicted octanol–water partition coefficient (Wildman–Crippen LogP) is -0.852. The molecule has 1 aliphatic heterocycles. The van der Waals surface area contributed by atoms with Gasteiger partial charge in [0.25, 0.3) is 5.78 Å². The summed E-state index contributed by atoms with van der Waals surface area (Å²) in [5.74, 6) is 1.50. The molecule has 0 aromatic carbocycles. The predicted molar refractivity (Wildman–Crippen MR) is 64.5 cm³/mol. The number of aryl methyl sites for hydroxylation is 1. The van der Waals surface area contributed by atoms with Gasteiger partial charge < -0.3 is 15.1 Å². The molecule has 2 N–H and O–H groups in total. The second-order valence-electron chi connectivity index (χ2n) is 4.50. The van der Waals surface area contributed by atoms with Crippen molar-refractivity contribution in [3.63, 3.8) is 0 Å². The van der Waals surface area contributed by atoms with Crippen molar-refractivity contribution in [2.75, 3.05) is 24.6 Å². The average Bonchev–Trinajstić information content (AvgIpc) is 2.95. The van der Waals surface area contributed by atoms with Crippen LogP contribution in [0.2, 0.25) is 0 Å². The van der Waals surface area contributed by atoms with E-state index in [1.165, 1.54) is 6.33 Å². The molecule has 3 rings (SSSR count). The zero-order chi connectivity index (χ0) is 12.7. The summed E-state index contributed by atoms with van der Waals surface area (Å²) in [6, 6.07) is 0. The first-order valence-corrected chi connectivity index (χ1v) is 5.93. The number of aliphatic hydroxyl groups is 2. The van der Waals surface area contributed by atoms with Crippen molar-refractivity contribution in [3.8, 4) is 0 Å². The molecule has 0 fully saturated rings. The van der Waals surface area contributed by atoms with E-state index in [4.69, 9.17) is 5.11 Å². The van der Waals surface area contributed by atoms with Crippen LogP contribution in [0, 0.1) is 6.92 Å². The van der Waals surface area contributed by atoms with Crippen LogP contribution in [0.5, 0.6) is 0 Å². The van der Waals surface area contributed by atoms with Gasteiger partial charge in [-0.25, -0.2) is 4.98 Å². The lowest BCUT2D eigenvalue weighted by Crippen LogP contribution is -2.34. The fourth-order valence-electron chi connectivity index (χ4n) is 2.43. The van der Waals surface area contributed by atoms with E-state index in [1.54, 1.807) is 4.52 Å². The topological polar surface area (TPSA) is 86.8 Å². The zero-order valence-electron chi connectivity index (χ0n) is 10.1. The number of aliphatic hydroxyl groups excluding tert-OH is 2. The molecule has 18 heavy (non-hydrogen) atoms. The van der Waals surface area contributed by atoms with Gasteiger partial charge >= 0.3 is 0 Å². The second-order valence-corrected chi connectivity index (χ2v) is 4.50. The third-order valence-corrected chi connectivity index (χ3v) is 3.28. The smallest absolute Gasteiger partial charge is 0.254 e. The number of anilines is 1. The first-order valence-electron chi connectivity index (χ1n) is 5.93. The number of nitrogens with zero attached hydrogens (tertiary/aromatic N) is 5. The SMILES string of the molecule is Cc1nc2ncnn2c2c1CCN2CC(O)CO. The van der Waals surface area contributed by atoms with Crippen LogP contribution < -0.4 is 4.90 Å². The number of hydrogen-bond donors (Lipinski definition) is 2. The fraction of sp³-hybridized carbons (Fsp3) is 0.545. The van der Waals surface area contributed by atoms with E-state index in [-0.39, 0.29) is 6.61 Å². The molecule has 3 heterocycles. The Morgan fingerprint density at radius 2 is 2.33 bits per heavy atom. The number of β-amino-alcohol motifs (C(OH)–C–C–N with tert-alkyl or cyclic N) is 1. The number of hydrogen-bond acceptors (Lipinski definition) is 6. The lowest BCUT2D eigenvalue weighted by atomic mass is 10.2. The molecule has 7 heteroatoms. The number of fused-ring (bicyclic) bond motifs is 3. The van der Waals surface area contributed by atoms with Crippen molar-refractivity contribution in [2.45, 2.75) is 19.4 Å². The number of rotatable bonds is 3. The van der Waals surface area contributed by atoms with Crippen molar-refractivity contribution in [2.24, 2.45) is 0 Å². The van der Waals surface area contributed by atoms with Crippen LogP contribution in [-0.4, -0.2) is 55.6 Å². The Balaban J connectivity index is 2.08. The molecule has 96 valence electrons. The minimum absolute atomic E-state index is 0.240. The Hall–Kier alpha value is -1.73. The fourth-order valence-corrected chi connectivity index (χ4v) is 2.43. The summed E-state index contributed by atoms with van der Waals surface area (Å²) in [6.07, 6.45) is 1.60. The van der Waals surface area contributed by atoms with Gasteiger partial charge in [0.15, 0.2) is 0 Å². The lowest BCUT2D eigenvalue weighted by molar-refractivity contribution is 0.100. The lowest BCUT2D eigenvalue weighted by Gasteiger charge is -2.22. The van der Waals surface area contributed by atoms with Crippen LogP contribution in [0.25, 0.3) is 5.78 Å². The van der Waals surface area contributed by atoms with Crippen molar-refractivity contribution in [3.05, 3.63) is 17.6 Å². The highest BCUT2D eigenvalue weighted by atomic mass is 16.3. The van der Waals surface area contributed by atoms with Crippen LogP contribution in [0.1, 0.15) is 11.3 Å². The maximum absolute atomic E-state index is 9.58. The van der Waals surface area contributed by atoms with Crippen LogP contribution >= 0.6 is 0 Å². The molecule has 0 aliphatic carbocycles. The molecule has 1 atom stereocenters. The normalized spacial score (nSPS) is 16.3. The quantitative estimate of drug-likeness (QED) is 0.736. The third kappa shape index (κ3) is 1.63. The van der Waals surface area contributed by atoms with Gasteiger partial charge in [-0.1, -0.05) is 0 Å². The van der Waals surface area contributed by atoms with Crippen LogP contribution in [0.4, 0.5) is 5.82 Å². The highest BCUT2D eigenvalue weighted by molar-refractivity contribution is 5.58. The van der Waals surface area contributed by atoms with Crippen LogP contribution in [-0.2, 0) is 6.42 Å². The molecule has 2 aromatic heterocycles. The summed E-state index contributed by atoms with van der Waals surface area (Å²) in [7, 11) is 0. The maximum atomic E-state index is 9.58. The Kier molecular flexibility index (Phi) is 2.64. The molecule has 0 bridgehead atoms. The summed E-state index contributed by atoms with van der Waals surface area (Å²) in [5.41, 5.74) is 2.09. The summed E-state index contributed by atoms with van der Waals surface area (Å²) < 4.78 is 1.69. The first-order chi connectivity index (χ1) is 8.70. The Morgan fingerprint density at radius 3 is 3.11 bits per heavy atom. The third-order valence-electron chi connectivity index (χ3n) is 3.28. The highest BCUT2D eigenvalue weighted by Gasteiger charge is 2.27. The molecule has 1 aliphatic rings. The molecule has 0 radical (unpaired) electrons. The van der Waals surface area contributed by atoms with E-state index in [0.29, 0.717) is 12.3 Å². The molecular weight excluding hydrogens is 234 g/mol. The van der Waals surface area contributed by atoms with Gasteiger partial charge in [0.05, 0.1) is 12.7 Å². The van der Waals surface area contributed by atoms with Gasteiger partial charge in [-0.05, 0) is 13.3 Å². The van der Waals surface area contributed by atoms with Crippen molar-refractivity contribution in [1.82, 2.24) is 19.6 Å². The van der Waals surface area contributed by atoms with E-state index in [9.17, 15) is 5.11 Å². The summed E-state index contributed by atoms with van der Waals surface area (Å²) in [6.45, 7) is 2.91. The van der Waals surface area contributed by atoms with E-state index in [1.807, 2.05) is 11.8 Å². The van der Waals surface area contributed by atoms with Crippen LogP contribution in [0.15, 0.2) is 6.33 Å². The summed E-state index contributed by atoms with van der Waals surface area (Å²) >= 11 is 0. The Labute approximate surface area is 104 Å². The highest BCUT2D eigenvalue weighted by Crippen LogP contribution is 2.29. The van der Waals surface area contributed by atoms with E-state index < -0.39 is 6.10 Å². The van der Waals surface area contributed by atoms with Crippen molar-refractivity contribution >= 4 is 11.6 Å². The van der Waals surface area contributed by atoms with Gasteiger partial charge in [0, 0.05) is 24.3 Å². The molecular formula is C11H15N5O2. The first kappa shape index (κ1) is 11.4. The monoisotopic (exact) mass is 249 g/mol. The standard InChI is InChI=1S/C11H15N5O2/c1-7-9-2-3-15(4-8(18)5-17)10(9)16-11(14-7)12-6-13-16/h6,8,17-18H,2-5H2,1H3. The van der Waals surface area contributed by atoms with Gasteiger partial charge in [-0.15, -0.1) is 0 Å². The van der Waals surface area contributed by atoms with Crippen molar-refractivity contribution in [1.29, 1.82) is 0 Å². The molecule has 2 aromatic rings. The number of aromatic nitrogens is 4. The van der Waals surface area contributed by atoms with Gasteiger partial charge in [-0.3, -0.25) is 0 Å². The van der Waals surface area contributed by atoms with Gasteiger partial charge in [0.2, 0.25) is 0 Å². The Morgan fingerprint density at radius 1 is 1.50 bits per heavy atom. The molecule has 0 saturated heterocycles. The molecule has 7 nitrogen and oxygen atoms in total. The summed E-state index contributed by atoms with van der Waals surface area (Å²) in [5, 5.41) is 22.7. The van der Waals surface area contributed by atoms with Gasteiger partial charge in [-0.2, -0.15) is 14.6 Å². The largest absolute Gasteiger partial charge is 0.394 e. The molecule has 1 unspecified atom stereocenters. The molecule has 0 amide bonds. The van der Waals surface area contributed by atoms with E-state index >= 15 is 0 Å². The second kappa shape index (κ2) is 4.18. The molecule has 0 saturated carbocycles.